The minimum atomic E-state index is -0.145. The minimum Gasteiger partial charge on any atom is -0.347 e. The summed E-state index contributed by atoms with van der Waals surface area (Å²) in [7, 11) is 0. The van der Waals surface area contributed by atoms with Gasteiger partial charge in [-0.2, -0.15) is 0 Å². The summed E-state index contributed by atoms with van der Waals surface area (Å²) in [5.74, 6) is -0.284. The first-order chi connectivity index (χ1) is 12.7. The van der Waals surface area contributed by atoms with E-state index in [1.165, 1.54) is 11.3 Å². The summed E-state index contributed by atoms with van der Waals surface area (Å²) >= 11 is 1.53. The Kier molecular flexibility index (Phi) is 6.17. The van der Waals surface area contributed by atoms with Crippen LogP contribution in [0.5, 0.6) is 0 Å². The van der Waals surface area contributed by atoms with Crippen LogP contribution >= 0.6 is 11.3 Å². The van der Waals surface area contributed by atoms with Gasteiger partial charge in [0.2, 0.25) is 11.8 Å². The van der Waals surface area contributed by atoms with Gasteiger partial charge in [-0.3, -0.25) is 9.59 Å². The van der Waals surface area contributed by atoms with Crippen molar-refractivity contribution in [1.82, 2.24) is 5.32 Å². The molecule has 4 nitrogen and oxygen atoms in total. The predicted molar refractivity (Wildman–Crippen MR) is 105 cm³/mol. The summed E-state index contributed by atoms with van der Waals surface area (Å²) in [4.78, 5) is 27.5. The van der Waals surface area contributed by atoms with E-state index in [4.69, 9.17) is 0 Å². The molecule has 0 bridgehead atoms. The maximum Gasteiger partial charge on any atom is 0.246 e. The standard InChI is InChI=1S/C21H20N2O2S/c24-20(14-19-12-7-13-26-19)22-15-21(25)23(18-10-5-2-6-11-18)16-17-8-3-1-4-9-17/h1-13H,14-16H2,(H,22,24). The van der Waals surface area contributed by atoms with Crippen LogP contribution in [0.2, 0.25) is 0 Å². The summed E-state index contributed by atoms with van der Waals surface area (Å²) in [6.45, 7) is 0.441. The highest BCUT2D eigenvalue weighted by Gasteiger charge is 2.17. The van der Waals surface area contributed by atoms with Crippen LogP contribution in [-0.4, -0.2) is 18.4 Å². The highest BCUT2D eigenvalue weighted by atomic mass is 32.1. The average Bonchev–Trinajstić information content (AvgIpc) is 3.19. The molecule has 0 atom stereocenters. The van der Waals surface area contributed by atoms with Crippen molar-refractivity contribution in [2.75, 3.05) is 11.4 Å². The number of para-hydroxylation sites is 1. The van der Waals surface area contributed by atoms with Crippen molar-refractivity contribution < 1.29 is 9.59 Å². The fourth-order valence-corrected chi connectivity index (χ4v) is 3.30. The third-order valence-corrected chi connectivity index (χ3v) is 4.78. The van der Waals surface area contributed by atoms with Gasteiger partial charge < -0.3 is 10.2 Å². The minimum absolute atomic E-state index is 0.0219. The van der Waals surface area contributed by atoms with Crippen LogP contribution in [0, 0.1) is 0 Å². The normalized spacial score (nSPS) is 10.3. The first-order valence-corrected chi connectivity index (χ1v) is 9.29. The third kappa shape index (κ3) is 5.04. The van der Waals surface area contributed by atoms with Gasteiger partial charge in [0.15, 0.2) is 0 Å². The lowest BCUT2D eigenvalue weighted by atomic mass is 10.2. The fraction of sp³-hybridized carbons (Fsp3) is 0.143. The van der Waals surface area contributed by atoms with E-state index in [9.17, 15) is 9.59 Å². The van der Waals surface area contributed by atoms with E-state index in [0.29, 0.717) is 13.0 Å². The number of carbonyl (C=O) groups is 2. The van der Waals surface area contributed by atoms with Crippen LogP contribution in [-0.2, 0) is 22.6 Å². The molecule has 0 aliphatic heterocycles. The van der Waals surface area contributed by atoms with Crippen LogP contribution < -0.4 is 10.2 Å². The number of hydrogen-bond acceptors (Lipinski definition) is 3. The van der Waals surface area contributed by atoms with Crippen molar-refractivity contribution >= 4 is 28.8 Å². The summed E-state index contributed by atoms with van der Waals surface area (Å²) in [6, 6.07) is 23.1. The maximum atomic E-state index is 12.8. The zero-order valence-corrected chi connectivity index (χ0v) is 15.1. The fourth-order valence-electron chi connectivity index (χ4n) is 2.60. The molecular weight excluding hydrogens is 344 g/mol. The Labute approximate surface area is 157 Å². The van der Waals surface area contributed by atoms with Crippen LogP contribution in [0.3, 0.4) is 0 Å². The van der Waals surface area contributed by atoms with Gasteiger partial charge in [-0.1, -0.05) is 54.6 Å². The van der Waals surface area contributed by atoms with Crippen LogP contribution in [0.25, 0.3) is 0 Å². The molecule has 0 radical (unpaired) electrons. The van der Waals surface area contributed by atoms with E-state index in [1.54, 1.807) is 4.90 Å². The van der Waals surface area contributed by atoms with Gasteiger partial charge in [-0.05, 0) is 29.1 Å². The number of benzene rings is 2. The topological polar surface area (TPSA) is 49.4 Å². The summed E-state index contributed by atoms with van der Waals surface area (Å²) < 4.78 is 0. The molecule has 1 heterocycles. The summed E-state index contributed by atoms with van der Waals surface area (Å²) in [5, 5.41) is 4.67. The number of rotatable bonds is 7. The molecule has 0 saturated heterocycles. The van der Waals surface area contributed by atoms with Gasteiger partial charge in [-0.25, -0.2) is 0 Å². The first-order valence-electron chi connectivity index (χ1n) is 8.41. The van der Waals surface area contributed by atoms with Crippen LogP contribution in [0.1, 0.15) is 10.4 Å². The predicted octanol–water partition coefficient (Wildman–Crippen LogP) is 3.64. The van der Waals surface area contributed by atoms with E-state index in [-0.39, 0.29) is 18.4 Å². The SMILES string of the molecule is O=C(Cc1cccs1)NCC(=O)N(Cc1ccccc1)c1ccccc1. The van der Waals surface area contributed by atoms with E-state index in [2.05, 4.69) is 5.32 Å². The van der Waals surface area contributed by atoms with E-state index < -0.39 is 0 Å². The van der Waals surface area contributed by atoms with E-state index >= 15 is 0 Å². The molecule has 132 valence electrons. The van der Waals surface area contributed by atoms with Gasteiger partial charge >= 0.3 is 0 Å². The van der Waals surface area contributed by atoms with Gasteiger partial charge in [0.1, 0.15) is 0 Å². The number of nitrogens with zero attached hydrogens (tertiary/aromatic N) is 1. The number of amides is 2. The Bertz CT molecular complexity index is 833. The lowest BCUT2D eigenvalue weighted by molar-refractivity contribution is -0.124. The first kappa shape index (κ1) is 17.9. The molecule has 2 aromatic carbocycles. The molecule has 0 fully saturated rings. The summed E-state index contributed by atoms with van der Waals surface area (Å²) in [6.07, 6.45) is 0.301. The second kappa shape index (κ2) is 8.97. The van der Waals surface area contributed by atoms with E-state index in [0.717, 1.165) is 16.1 Å². The molecule has 0 spiro atoms. The Morgan fingerprint density at radius 1 is 0.885 bits per heavy atom. The molecule has 2 amide bonds. The van der Waals surface area contributed by atoms with Crippen LogP contribution in [0.4, 0.5) is 5.69 Å². The molecule has 26 heavy (non-hydrogen) atoms. The monoisotopic (exact) mass is 364 g/mol. The van der Waals surface area contributed by atoms with Crippen LogP contribution in [0.15, 0.2) is 78.2 Å². The van der Waals surface area contributed by atoms with Crippen molar-refractivity contribution in [2.24, 2.45) is 0 Å². The second-order valence-electron chi connectivity index (χ2n) is 5.83. The number of carbonyl (C=O) groups excluding carboxylic acids is 2. The Morgan fingerprint density at radius 3 is 2.23 bits per heavy atom. The van der Waals surface area contributed by atoms with Crippen molar-refractivity contribution in [1.29, 1.82) is 0 Å². The van der Waals surface area contributed by atoms with Gasteiger partial charge in [-0.15, -0.1) is 11.3 Å². The molecule has 3 aromatic rings. The highest BCUT2D eigenvalue weighted by Crippen LogP contribution is 2.17. The Balaban J connectivity index is 1.65. The quantitative estimate of drug-likeness (QED) is 0.696. The van der Waals surface area contributed by atoms with Crippen molar-refractivity contribution in [3.8, 4) is 0 Å². The molecule has 0 aliphatic rings. The average molecular weight is 364 g/mol. The molecule has 0 saturated carbocycles. The zero-order chi connectivity index (χ0) is 18.2. The maximum absolute atomic E-state index is 12.8. The number of thiophene rings is 1. The molecule has 5 heteroatoms. The van der Waals surface area contributed by atoms with Crippen molar-refractivity contribution in [3.05, 3.63) is 88.6 Å². The molecule has 0 unspecified atom stereocenters. The number of anilines is 1. The molecule has 1 N–H and O–H groups in total. The largest absolute Gasteiger partial charge is 0.347 e. The van der Waals surface area contributed by atoms with Gasteiger partial charge in [0, 0.05) is 10.6 Å². The highest BCUT2D eigenvalue weighted by molar-refractivity contribution is 7.10. The van der Waals surface area contributed by atoms with Gasteiger partial charge in [0.25, 0.3) is 0 Å². The van der Waals surface area contributed by atoms with Crippen molar-refractivity contribution in [2.45, 2.75) is 13.0 Å². The lowest BCUT2D eigenvalue weighted by Crippen LogP contribution is -2.40. The lowest BCUT2D eigenvalue weighted by Gasteiger charge is -2.23. The Hall–Kier alpha value is -2.92. The Morgan fingerprint density at radius 2 is 1.58 bits per heavy atom. The molecule has 0 aliphatic carbocycles. The summed E-state index contributed by atoms with van der Waals surface area (Å²) in [5.41, 5.74) is 1.85. The van der Waals surface area contributed by atoms with Crippen molar-refractivity contribution in [3.63, 3.8) is 0 Å². The number of nitrogens with one attached hydrogen (secondary N) is 1. The van der Waals surface area contributed by atoms with Gasteiger partial charge in [0.05, 0.1) is 19.5 Å². The zero-order valence-electron chi connectivity index (χ0n) is 14.3. The number of hydrogen-bond donors (Lipinski definition) is 1. The third-order valence-electron chi connectivity index (χ3n) is 3.90. The molecular formula is C21H20N2O2S. The smallest absolute Gasteiger partial charge is 0.246 e. The molecule has 3 rings (SSSR count). The van der Waals surface area contributed by atoms with E-state index in [1.807, 2.05) is 78.2 Å². The second-order valence-corrected chi connectivity index (χ2v) is 6.87. The molecule has 1 aromatic heterocycles.